The number of amides is 1. The minimum Gasteiger partial charge on any atom is -0.369 e. The fourth-order valence-electron chi connectivity index (χ4n) is 2.50. The van der Waals surface area contributed by atoms with Gasteiger partial charge in [-0.05, 0) is 26.8 Å². The summed E-state index contributed by atoms with van der Waals surface area (Å²) in [6, 6.07) is 7.39. The average Bonchev–Trinajstić information content (AvgIpc) is 2.87. The van der Waals surface area contributed by atoms with Gasteiger partial charge < -0.3 is 5.73 Å². The summed E-state index contributed by atoms with van der Waals surface area (Å²) in [4.78, 5) is 25.6. The van der Waals surface area contributed by atoms with Crippen molar-refractivity contribution >= 4 is 11.7 Å². The smallest absolute Gasteiger partial charge is 0.221 e. The molecule has 4 nitrogen and oxygen atoms in total. The van der Waals surface area contributed by atoms with Gasteiger partial charge in [0.05, 0.1) is 12.0 Å². The van der Waals surface area contributed by atoms with E-state index < -0.39 is 0 Å². The second kappa shape index (κ2) is 5.53. The number of nitrogens with zero attached hydrogens (tertiary/aromatic N) is 1. The zero-order valence-corrected chi connectivity index (χ0v) is 11.4. The van der Waals surface area contributed by atoms with Gasteiger partial charge in [-0.3, -0.25) is 14.5 Å². The molecule has 0 bridgehead atoms. The molecule has 0 radical (unpaired) electrons. The van der Waals surface area contributed by atoms with Gasteiger partial charge in [0.15, 0.2) is 5.78 Å². The Morgan fingerprint density at radius 3 is 2.47 bits per heavy atom. The number of rotatable bonds is 4. The fourth-order valence-corrected chi connectivity index (χ4v) is 2.50. The Labute approximate surface area is 113 Å². The van der Waals surface area contributed by atoms with Crippen molar-refractivity contribution in [3.8, 4) is 0 Å². The molecule has 2 atom stereocenters. The van der Waals surface area contributed by atoms with E-state index >= 15 is 0 Å². The van der Waals surface area contributed by atoms with E-state index in [2.05, 4.69) is 0 Å². The van der Waals surface area contributed by atoms with E-state index in [4.69, 9.17) is 5.73 Å². The van der Waals surface area contributed by atoms with Crippen LogP contribution in [0.4, 0.5) is 0 Å². The molecule has 0 aromatic heterocycles. The molecule has 1 aliphatic heterocycles. The third kappa shape index (κ3) is 3.01. The van der Waals surface area contributed by atoms with Crippen LogP contribution < -0.4 is 5.73 Å². The van der Waals surface area contributed by atoms with Crippen LogP contribution in [0.15, 0.2) is 24.3 Å². The summed E-state index contributed by atoms with van der Waals surface area (Å²) in [5, 5.41) is 0. The minimum absolute atomic E-state index is 0.102. The standard InChI is InChI=1S/C15H20N2O2/c1-10-3-5-12(6-4-10)14(18)11(2)17-8-7-13(9-17)15(16)19/h3-6,11,13H,7-9H2,1-2H3,(H2,16,19). The summed E-state index contributed by atoms with van der Waals surface area (Å²) in [5.41, 5.74) is 7.17. The molecule has 4 heteroatoms. The molecule has 1 aliphatic rings. The van der Waals surface area contributed by atoms with Crippen molar-refractivity contribution in [1.82, 2.24) is 4.90 Å². The quantitative estimate of drug-likeness (QED) is 0.832. The lowest BCUT2D eigenvalue weighted by molar-refractivity contribution is -0.121. The van der Waals surface area contributed by atoms with E-state index in [1.807, 2.05) is 43.0 Å². The van der Waals surface area contributed by atoms with E-state index in [9.17, 15) is 9.59 Å². The first kappa shape index (κ1) is 13.7. The van der Waals surface area contributed by atoms with Crippen LogP contribution in [0.1, 0.15) is 29.3 Å². The highest BCUT2D eigenvalue weighted by Crippen LogP contribution is 2.20. The van der Waals surface area contributed by atoms with Gasteiger partial charge in [-0.1, -0.05) is 29.8 Å². The van der Waals surface area contributed by atoms with E-state index in [0.29, 0.717) is 6.54 Å². The summed E-state index contributed by atoms with van der Waals surface area (Å²) in [7, 11) is 0. The predicted octanol–water partition coefficient (Wildman–Crippen LogP) is 1.37. The van der Waals surface area contributed by atoms with Crippen molar-refractivity contribution in [2.75, 3.05) is 13.1 Å². The molecule has 1 amide bonds. The van der Waals surface area contributed by atoms with Gasteiger partial charge >= 0.3 is 0 Å². The van der Waals surface area contributed by atoms with Crippen molar-refractivity contribution < 1.29 is 9.59 Å². The number of hydrogen-bond acceptors (Lipinski definition) is 3. The lowest BCUT2D eigenvalue weighted by atomic mass is 10.0. The number of nitrogens with two attached hydrogens (primary N) is 1. The second-order valence-corrected chi connectivity index (χ2v) is 5.29. The zero-order chi connectivity index (χ0) is 14.0. The fraction of sp³-hybridized carbons (Fsp3) is 0.467. The van der Waals surface area contributed by atoms with Crippen LogP contribution in [0.2, 0.25) is 0 Å². The number of likely N-dealkylation sites (tertiary alicyclic amines) is 1. The van der Waals surface area contributed by atoms with Gasteiger partial charge in [0.2, 0.25) is 5.91 Å². The average molecular weight is 260 g/mol. The number of primary amides is 1. The Morgan fingerprint density at radius 2 is 1.95 bits per heavy atom. The Morgan fingerprint density at radius 1 is 1.32 bits per heavy atom. The monoisotopic (exact) mass is 260 g/mol. The summed E-state index contributed by atoms with van der Waals surface area (Å²) in [6.07, 6.45) is 0.751. The summed E-state index contributed by atoms with van der Waals surface area (Å²) in [5.74, 6) is -0.282. The Bertz CT molecular complexity index is 481. The number of Topliss-reactive ketones (excluding diaryl/α,β-unsaturated/α-hetero) is 1. The van der Waals surface area contributed by atoms with Crippen LogP contribution in [0.5, 0.6) is 0 Å². The SMILES string of the molecule is Cc1ccc(C(=O)C(C)N2CCC(C(N)=O)C2)cc1. The van der Waals surface area contributed by atoms with Crippen LogP contribution in [0.3, 0.4) is 0 Å². The molecule has 102 valence electrons. The van der Waals surface area contributed by atoms with E-state index in [1.54, 1.807) is 0 Å². The third-order valence-corrected chi connectivity index (χ3v) is 3.89. The first-order valence-corrected chi connectivity index (χ1v) is 6.63. The maximum atomic E-state index is 12.4. The Kier molecular flexibility index (Phi) is 4.00. The molecule has 0 aliphatic carbocycles. The summed E-state index contributed by atoms with van der Waals surface area (Å²) in [6.45, 7) is 5.24. The third-order valence-electron chi connectivity index (χ3n) is 3.89. The minimum atomic E-state index is -0.266. The Balaban J connectivity index is 2.04. The molecule has 1 aromatic carbocycles. The van der Waals surface area contributed by atoms with Crippen molar-refractivity contribution in [1.29, 1.82) is 0 Å². The van der Waals surface area contributed by atoms with Crippen molar-refractivity contribution in [2.45, 2.75) is 26.3 Å². The van der Waals surface area contributed by atoms with Crippen molar-refractivity contribution in [2.24, 2.45) is 11.7 Å². The number of aryl methyl sites for hydroxylation is 1. The first-order chi connectivity index (χ1) is 8.99. The molecule has 0 saturated carbocycles. The molecule has 19 heavy (non-hydrogen) atoms. The molecule has 1 aromatic rings. The van der Waals surface area contributed by atoms with E-state index in [-0.39, 0.29) is 23.7 Å². The number of benzene rings is 1. The molecular weight excluding hydrogens is 240 g/mol. The normalized spacial score (nSPS) is 21.3. The van der Waals surface area contributed by atoms with Crippen LogP contribution in [-0.2, 0) is 4.79 Å². The lowest BCUT2D eigenvalue weighted by Crippen LogP contribution is -2.38. The van der Waals surface area contributed by atoms with Gasteiger partial charge in [-0.2, -0.15) is 0 Å². The molecule has 1 saturated heterocycles. The highest BCUT2D eigenvalue weighted by molar-refractivity contribution is 5.99. The van der Waals surface area contributed by atoms with Crippen LogP contribution in [-0.4, -0.2) is 35.7 Å². The van der Waals surface area contributed by atoms with Gasteiger partial charge in [0.1, 0.15) is 0 Å². The number of hydrogen-bond donors (Lipinski definition) is 1. The highest BCUT2D eigenvalue weighted by Gasteiger charge is 2.32. The van der Waals surface area contributed by atoms with Gasteiger partial charge in [0, 0.05) is 12.1 Å². The molecule has 2 N–H and O–H groups in total. The van der Waals surface area contributed by atoms with Crippen LogP contribution in [0, 0.1) is 12.8 Å². The van der Waals surface area contributed by atoms with E-state index in [1.165, 1.54) is 0 Å². The second-order valence-electron chi connectivity index (χ2n) is 5.29. The lowest BCUT2D eigenvalue weighted by Gasteiger charge is -2.22. The molecule has 0 spiro atoms. The largest absolute Gasteiger partial charge is 0.369 e. The van der Waals surface area contributed by atoms with Gasteiger partial charge in [0.25, 0.3) is 0 Å². The number of ketones is 1. The van der Waals surface area contributed by atoms with E-state index in [0.717, 1.165) is 24.1 Å². The Hall–Kier alpha value is -1.68. The summed E-state index contributed by atoms with van der Waals surface area (Å²) < 4.78 is 0. The first-order valence-electron chi connectivity index (χ1n) is 6.63. The maximum Gasteiger partial charge on any atom is 0.221 e. The topological polar surface area (TPSA) is 63.4 Å². The maximum absolute atomic E-state index is 12.4. The van der Waals surface area contributed by atoms with Crippen molar-refractivity contribution in [3.63, 3.8) is 0 Å². The molecule has 1 heterocycles. The molecule has 2 unspecified atom stereocenters. The predicted molar refractivity (Wildman–Crippen MR) is 73.8 cm³/mol. The van der Waals surface area contributed by atoms with Crippen molar-refractivity contribution in [3.05, 3.63) is 35.4 Å². The summed E-state index contributed by atoms with van der Waals surface area (Å²) >= 11 is 0. The van der Waals surface area contributed by atoms with Gasteiger partial charge in [-0.15, -0.1) is 0 Å². The highest BCUT2D eigenvalue weighted by atomic mass is 16.1. The molecular formula is C15H20N2O2. The molecule has 1 fully saturated rings. The number of carbonyl (C=O) groups excluding carboxylic acids is 2. The van der Waals surface area contributed by atoms with Crippen LogP contribution >= 0.6 is 0 Å². The van der Waals surface area contributed by atoms with Crippen LogP contribution in [0.25, 0.3) is 0 Å². The van der Waals surface area contributed by atoms with Gasteiger partial charge in [-0.25, -0.2) is 0 Å². The molecule has 2 rings (SSSR count). The number of carbonyl (C=O) groups is 2. The zero-order valence-electron chi connectivity index (χ0n) is 11.4.